The zero-order chi connectivity index (χ0) is 17.6. The highest BCUT2D eigenvalue weighted by Crippen LogP contribution is 2.29. The van der Waals surface area contributed by atoms with Crippen molar-refractivity contribution in [3.8, 4) is 0 Å². The number of fused-ring (bicyclic) bond motifs is 4. The Morgan fingerprint density at radius 1 is 1.20 bits per heavy atom. The van der Waals surface area contributed by atoms with Crippen LogP contribution in [0.25, 0.3) is 0 Å². The maximum atomic E-state index is 12.6. The molecule has 3 heterocycles. The molecule has 0 saturated carbocycles. The van der Waals surface area contributed by atoms with Gasteiger partial charge < -0.3 is 19.3 Å². The number of piperidine rings is 1. The summed E-state index contributed by atoms with van der Waals surface area (Å²) >= 11 is 0. The van der Waals surface area contributed by atoms with E-state index >= 15 is 0 Å². The van der Waals surface area contributed by atoms with E-state index < -0.39 is 0 Å². The lowest BCUT2D eigenvalue weighted by molar-refractivity contribution is -0.140. The molecule has 1 aromatic rings. The SMILES string of the molecule is COCCN1C(=O)[C@@H]2CC[C@H]1CN(C(=O)COCc1ccccc1)C2. The maximum Gasteiger partial charge on any atom is 0.248 e. The minimum Gasteiger partial charge on any atom is -0.383 e. The summed E-state index contributed by atoms with van der Waals surface area (Å²) in [6.45, 7) is 2.71. The number of carbonyl (C=O) groups is 2. The summed E-state index contributed by atoms with van der Waals surface area (Å²) < 4.78 is 10.7. The molecule has 3 fully saturated rings. The highest BCUT2D eigenvalue weighted by molar-refractivity contribution is 5.83. The third kappa shape index (κ3) is 4.38. The van der Waals surface area contributed by atoms with Crippen molar-refractivity contribution in [2.45, 2.75) is 25.5 Å². The highest BCUT2D eigenvalue weighted by Gasteiger charge is 2.41. The van der Waals surface area contributed by atoms with Crippen molar-refractivity contribution in [3.63, 3.8) is 0 Å². The predicted molar refractivity (Wildman–Crippen MR) is 92.8 cm³/mol. The smallest absolute Gasteiger partial charge is 0.248 e. The third-order valence-corrected chi connectivity index (χ3v) is 5.02. The first-order chi connectivity index (χ1) is 12.2. The Morgan fingerprint density at radius 3 is 2.76 bits per heavy atom. The van der Waals surface area contributed by atoms with Crippen LogP contribution in [0.3, 0.4) is 0 Å². The number of nitrogens with zero attached hydrogens (tertiary/aromatic N) is 2. The Kier molecular flexibility index (Phi) is 6.04. The molecule has 0 N–H and O–H groups in total. The van der Waals surface area contributed by atoms with E-state index in [0.717, 1.165) is 18.4 Å². The summed E-state index contributed by atoms with van der Waals surface area (Å²) in [6, 6.07) is 9.90. The Bertz CT molecular complexity index is 592. The van der Waals surface area contributed by atoms with E-state index in [-0.39, 0.29) is 30.4 Å². The average molecular weight is 346 g/mol. The summed E-state index contributed by atoms with van der Waals surface area (Å²) in [5.41, 5.74) is 1.05. The van der Waals surface area contributed by atoms with E-state index in [1.807, 2.05) is 35.2 Å². The first-order valence-electron chi connectivity index (χ1n) is 8.88. The van der Waals surface area contributed by atoms with Gasteiger partial charge in [0.15, 0.2) is 0 Å². The van der Waals surface area contributed by atoms with Crippen LogP contribution in [0.5, 0.6) is 0 Å². The van der Waals surface area contributed by atoms with Crippen molar-refractivity contribution >= 4 is 11.8 Å². The van der Waals surface area contributed by atoms with Gasteiger partial charge in [-0.2, -0.15) is 0 Å². The number of hydrogen-bond acceptors (Lipinski definition) is 4. The molecule has 3 saturated heterocycles. The molecule has 3 aliphatic rings. The normalized spacial score (nSPS) is 23.0. The van der Waals surface area contributed by atoms with Crippen LogP contribution in [0.15, 0.2) is 30.3 Å². The monoisotopic (exact) mass is 346 g/mol. The van der Waals surface area contributed by atoms with Gasteiger partial charge in [0.1, 0.15) is 6.61 Å². The van der Waals surface area contributed by atoms with E-state index in [2.05, 4.69) is 0 Å². The molecular formula is C19H26N2O4. The van der Waals surface area contributed by atoms with Crippen molar-refractivity contribution in [2.24, 2.45) is 5.92 Å². The molecule has 0 radical (unpaired) electrons. The third-order valence-electron chi connectivity index (χ3n) is 5.02. The van der Waals surface area contributed by atoms with Gasteiger partial charge in [-0.1, -0.05) is 30.3 Å². The molecule has 0 aromatic heterocycles. The van der Waals surface area contributed by atoms with Gasteiger partial charge in [-0.15, -0.1) is 0 Å². The number of hydrogen-bond donors (Lipinski definition) is 0. The number of amides is 2. The molecule has 25 heavy (non-hydrogen) atoms. The Morgan fingerprint density at radius 2 is 2.00 bits per heavy atom. The van der Waals surface area contributed by atoms with Crippen molar-refractivity contribution in [2.75, 3.05) is 40.0 Å². The molecule has 4 rings (SSSR count). The van der Waals surface area contributed by atoms with Crippen LogP contribution in [0, 0.1) is 5.92 Å². The molecule has 2 amide bonds. The zero-order valence-corrected chi connectivity index (χ0v) is 14.7. The lowest BCUT2D eigenvalue weighted by atomic mass is 9.94. The van der Waals surface area contributed by atoms with Crippen LogP contribution in [-0.2, 0) is 25.7 Å². The topological polar surface area (TPSA) is 59.1 Å². The van der Waals surface area contributed by atoms with E-state index in [0.29, 0.717) is 32.8 Å². The second-order valence-corrected chi connectivity index (χ2v) is 6.73. The molecule has 0 aliphatic carbocycles. The van der Waals surface area contributed by atoms with Crippen molar-refractivity contribution in [1.82, 2.24) is 9.80 Å². The van der Waals surface area contributed by atoms with Gasteiger partial charge >= 0.3 is 0 Å². The van der Waals surface area contributed by atoms with Crippen molar-refractivity contribution in [3.05, 3.63) is 35.9 Å². The van der Waals surface area contributed by atoms with Gasteiger partial charge in [0, 0.05) is 32.8 Å². The molecule has 6 nitrogen and oxygen atoms in total. The lowest BCUT2D eigenvalue weighted by Gasteiger charge is -2.35. The van der Waals surface area contributed by atoms with Gasteiger partial charge in [-0.3, -0.25) is 9.59 Å². The Labute approximate surface area is 148 Å². The van der Waals surface area contributed by atoms with E-state index in [1.165, 1.54) is 0 Å². The fourth-order valence-electron chi connectivity index (χ4n) is 3.65. The molecular weight excluding hydrogens is 320 g/mol. The first kappa shape index (κ1) is 17.9. The molecule has 0 unspecified atom stereocenters. The second kappa shape index (κ2) is 8.45. The van der Waals surface area contributed by atoms with Gasteiger partial charge in [0.2, 0.25) is 11.8 Å². The minimum atomic E-state index is -0.0892. The number of ether oxygens (including phenoxy) is 2. The van der Waals surface area contributed by atoms with E-state index in [4.69, 9.17) is 9.47 Å². The number of rotatable bonds is 7. The fourth-order valence-corrected chi connectivity index (χ4v) is 3.65. The van der Waals surface area contributed by atoms with Crippen molar-refractivity contribution in [1.29, 1.82) is 0 Å². The van der Waals surface area contributed by atoms with Crippen LogP contribution in [0.2, 0.25) is 0 Å². The highest BCUT2D eigenvalue weighted by atomic mass is 16.5. The standard InChI is InChI=1S/C19H26N2O4/c1-24-10-9-21-17-8-7-16(19(21)23)11-20(12-17)18(22)14-25-13-15-5-3-2-4-6-15/h2-6,16-17H,7-14H2,1H3/t16-,17+/m1/s1. The predicted octanol–water partition coefficient (Wildman–Crippen LogP) is 1.30. The maximum absolute atomic E-state index is 12.6. The van der Waals surface area contributed by atoms with Crippen LogP contribution < -0.4 is 0 Å². The van der Waals surface area contributed by atoms with E-state index in [9.17, 15) is 9.59 Å². The molecule has 136 valence electrons. The van der Waals surface area contributed by atoms with E-state index in [1.54, 1.807) is 12.0 Å². The molecule has 0 spiro atoms. The molecule has 2 bridgehead atoms. The summed E-state index contributed by atoms with van der Waals surface area (Å²) in [5, 5.41) is 0. The van der Waals surface area contributed by atoms with Crippen LogP contribution >= 0.6 is 0 Å². The first-order valence-corrected chi connectivity index (χ1v) is 8.88. The summed E-state index contributed by atoms with van der Waals surface area (Å²) in [5.74, 6) is 0.0386. The largest absolute Gasteiger partial charge is 0.383 e. The van der Waals surface area contributed by atoms with Gasteiger partial charge in [-0.25, -0.2) is 0 Å². The molecule has 2 atom stereocenters. The summed E-state index contributed by atoms with van der Waals surface area (Å²) in [6.07, 6.45) is 1.82. The average Bonchev–Trinajstić information content (AvgIpc) is 2.92. The van der Waals surface area contributed by atoms with Crippen LogP contribution in [0.4, 0.5) is 0 Å². The minimum absolute atomic E-state index is 0.0331. The van der Waals surface area contributed by atoms with Crippen LogP contribution in [0.1, 0.15) is 18.4 Å². The van der Waals surface area contributed by atoms with Gasteiger partial charge in [-0.05, 0) is 18.4 Å². The van der Waals surface area contributed by atoms with Crippen molar-refractivity contribution < 1.29 is 19.1 Å². The van der Waals surface area contributed by atoms with Gasteiger partial charge in [0.05, 0.1) is 19.1 Å². The molecule has 3 aliphatic heterocycles. The summed E-state index contributed by atoms with van der Waals surface area (Å²) in [7, 11) is 1.64. The number of benzene rings is 1. The Balaban J connectivity index is 1.54. The van der Waals surface area contributed by atoms with Gasteiger partial charge in [0.25, 0.3) is 0 Å². The molecule has 1 aromatic carbocycles. The summed E-state index contributed by atoms with van der Waals surface area (Å²) in [4.78, 5) is 28.8. The molecule has 6 heteroatoms. The lowest BCUT2D eigenvalue weighted by Crippen LogP contribution is -2.49. The van der Waals surface area contributed by atoms with Crippen LogP contribution in [-0.4, -0.2) is 67.6 Å². The Hall–Kier alpha value is -1.92. The quantitative estimate of drug-likeness (QED) is 0.747. The second-order valence-electron chi connectivity index (χ2n) is 6.73. The fraction of sp³-hybridized carbons (Fsp3) is 0.579. The zero-order valence-electron chi connectivity index (χ0n) is 14.7. The number of methoxy groups -OCH3 is 1. The number of carbonyl (C=O) groups excluding carboxylic acids is 2.